The minimum atomic E-state index is -0.553. The van der Waals surface area contributed by atoms with Crippen LogP contribution < -0.4 is 9.64 Å². The molecule has 0 amide bonds. The molecule has 1 aliphatic carbocycles. The van der Waals surface area contributed by atoms with Crippen molar-refractivity contribution in [2.75, 3.05) is 4.90 Å². The molecule has 0 radical (unpaired) electrons. The molecule has 0 saturated heterocycles. The summed E-state index contributed by atoms with van der Waals surface area (Å²) in [6.45, 7) is 0. The Hall–Kier alpha value is -7.92. The van der Waals surface area contributed by atoms with Crippen LogP contribution >= 0.6 is 11.3 Å². The van der Waals surface area contributed by atoms with Crippen molar-refractivity contribution in [1.29, 1.82) is 0 Å². The maximum Gasteiger partial charge on any atom is 0.159 e. The monoisotopic (exact) mass is 821 g/mol. The van der Waals surface area contributed by atoms with Crippen molar-refractivity contribution < 1.29 is 9.15 Å². The van der Waals surface area contributed by atoms with E-state index in [0.717, 1.165) is 61.6 Å². The van der Waals surface area contributed by atoms with Gasteiger partial charge in [-0.1, -0.05) is 152 Å². The Kier molecular flexibility index (Phi) is 7.20. The van der Waals surface area contributed by atoms with Gasteiger partial charge in [0, 0.05) is 48.1 Å². The van der Waals surface area contributed by atoms with Gasteiger partial charge in [-0.05, 0) is 98.8 Å². The maximum atomic E-state index is 7.08. The molecule has 63 heavy (non-hydrogen) atoms. The Morgan fingerprint density at radius 1 is 0.413 bits per heavy atom. The smallest absolute Gasteiger partial charge is 0.159 e. The first kappa shape index (κ1) is 34.8. The highest BCUT2D eigenvalue weighted by Gasteiger charge is 2.51. The van der Waals surface area contributed by atoms with Gasteiger partial charge < -0.3 is 14.1 Å². The van der Waals surface area contributed by atoms with E-state index in [1.54, 1.807) is 0 Å². The summed E-state index contributed by atoms with van der Waals surface area (Å²) in [4.78, 5) is 2.40. The fourth-order valence-corrected chi connectivity index (χ4v) is 12.0. The quantitative estimate of drug-likeness (QED) is 0.177. The van der Waals surface area contributed by atoms with Crippen LogP contribution in [0.15, 0.2) is 217 Å². The second-order valence-corrected chi connectivity index (χ2v) is 17.8. The van der Waals surface area contributed by atoms with Crippen LogP contribution in [-0.4, -0.2) is 0 Å². The number of hydrogen-bond donors (Lipinski definition) is 0. The van der Waals surface area contributed by atoms with Crippen LogP contribution in [0.2, 0.25) is 0 Å². The summed E-state index contributed by atoms with van der Waals surface area (Å²) in [7, 11) is 0. The first-order chi connectivity index (χ1) is 31.2. The molecule has 0 bridgehead atoms. The van der Waals surface area contributed by atoms with E-state index in [-0.39, 0.29) is 0 Å². The molecule has 0 N–H and O–H groups in total. The Morgan fingerprint density at radius 2 is 1.08 bits per heavy atom. The molecule has 3 heterocycles. The number of benzene rings is 10. The number of nitrogens with zero attached hydrogens (tertiary/aromatic N) is 1. The molecule has 10 aromatic carbocycles. The standard InChI is InChI=1S/C59H35NO2S/c1-2-14-37-33-38(28-27-36(37)13-1)39-29-32-55-45(34-39)57-50(22-12-26-56(57)63-55)60(51-23-11-18-44-43-17-5-9-24-52(43)62-58(44)51)40-30-31-49-54(35-40)61-53-25-10-8-21-48(53)59(49)46-19-6-3-15-41(46)42-16-4-7-20-47(42)59/h1-35H. The highest BCUT2D eigenvalue weighted by molar-refractivity contribution is 7.26. The summed E-state index contributed by atoms with van der Waals surface area (Å²) in [5.74, 6) is 1.70. The normalized spacial score (nSPS) is 13.3. The van der Waals surface area contributed by atoms with Crippen LogP contribution in [0.5, 0.6) is 11.5 Å². The Labute approximate surface area is 367 Å². The topological polar surface area (TPSA) is 25.6 Å². The average molecular weight is 822 g/mol. The summed E-state index contributed by atoms with van der Waals surface area (Å²) in [6.07, 6.45) is 0. The van der Waals surface area contributed by atoms with Gasteiger partial charge in [-0.25, -0.2) is 0 Å². The molecule has 1 aliphatic heterocycles. The highest BCUT2D eigenvalue weighted by Crippen LogP contribution is 2.62. The molecule has 4 heteroatoms. The lowest BCUT2D eigenvalue weighted by Crippen LogP contribution is -2.32. The van der Waals surface area contributed by atoms with Crippen LogP contribution in [-0.2, 0) is 5.41 Å². The van der Waals surface area contributed by atoms with Crippen molar-refractivity contribution in [3.05, 3.63) is 235 Å². The fourth-order valence-electron chi connectivity index (χ4n) is 10.8. The van der Waals surface area contributed by atoms with E-state index in [1.807, 2.05) is 17.4 Å². The molecule has 0 unspecified atom stereocenters. The largest absolute Gasteiger partial charge is 0.457 e. The van der Waals surface area contributed by atoms with Crippen molar-refractivity contribution in [1.82, 2.24) is 0 Å². The number of para-hydroxylation sites is 3. The van der Waals surface area contributed by atoms with Crippen molar-refractivity contribution in [3.8, 4) is 33.8 Å². The van der Waals surface area contributed by atoms with Crippen LogP contribution in [0.25, 0.3) is 75.1 Å². The van der Waals surface area contributed by atoms with Crippen LogP contribution in [0, 0.1) is 0 Å². The SMILES string of the molecule is c1ccc2c(c1)Oc1cc(N(c3cccc4c3oc3ccccc34)c3cccc4sc5ccc(-c6ccc7ccccc7c6)cc5c34)ccc1C21c2ccccc2-c2ccccc21. The van der Waals surface area contributed by atoms with E-state index in [1.165, 1.54) is 64.3 Å². The molecule has 0 fully saturated rings. The predicted molar refractivity (Wildman–Crippen MR) is 262 cm³/mol. The van der Waals surface area contributed by atoms with Gasteiger partial charge in [-0.15, -0.1) is 11.3 Å². The second-order valence-electron chi connectivity index (χ2n) is 16.7. The molecule has 2 aliphatic rings. The molecular weight excluding hydrogens is 787 g/mol. The minimum absolute atomic E-state index is 0.553. The third kappa shape index (κ3) is 4.84. The summed E-state index contributed by atoms with van der Waals surface area (Å²) in [5.41, 5.74) is 13.9. The number of thiophene rings is 1. The van der Waals surface area contributed by atoms with Crippen molar-refractivity contribution in [3.63, 3.8) is 0 Å². The molecule has 1 spiro atoms. The lowest BCUT2D eigenvalue weighted by Gasteiger charge is -2.40. The number of hydrogen-bond acceptors (Lipinski definition) is 4. The number of ether oxygens (including phenoxy) is 1. The number of fused-ring (bicyclic) bond motifs is 16. The second kappa shape index (κ2) is 13.0. The number of rotatable bonds is 4. The van der Waals surface area contributed by atoms with Gasteiger partial charge in [0.1, 0.15) is 17.1 Å². The highest BCUT2D eigenvalue weighted by atomic mass is 32.1. The fraction of sp³-hybridized carbons (Fsp3) is 0.0169. The molecule has 3 nitrogen and oxygen atoms in total. The maximum absolute atomic E-state index is 7.08. The van der Waals surface area contributed by atoms with E-state index < -0.39 is 5.41 Å². The summed E-state index contributed by atoms with van der Waals surface area (Å²) in [5, 5.41) is 7.08. The molecule has 14 rings (SSSR count). The van der Waals surface area contributed by atoms with Crippen LogP contribution in [0.1, 0.15) is 22.3 Å². The minimum Gasteiger partial charge on any atom is -0.457 e. The Morgan fingerprint density at radius 3 is 1.95 bits per heavy atom. The van der Waals surface area contributed by atoms with E-state index in [4.69, 9.17) is 9.15 Å². The molecular formula is C59H35NO2S. The lowest BCUT2D eigenvalue weighted by atomic mass is 9.66. The average Bonchev–Trinajstić information content (AvgIpc) is 4.01. The van der Waals surface area contributed by atoms with E-state index >= 15 is 0 Å². The molecule has 0 atom stereocenters. The van der Waals surface area contributed by atoms with Crippen molar-refractivity contribution >= 4 is 81.3 Å². The molecule has 2 aromatic heterocycles. The third-order valence-electron chi connectivity index (χ3n) is 13.5. The van der Waals surface area contributed by atoms with Crippen LogP contribution in [0.4, 0.5) is 17.1 Å². The van der Waals surface area contributed by atoms with Gasteiger partial charge in [-0.2, -0.15) is 0 Å². The van der Waals surface area contributed by atoms with Gasteiger partial charge >= 0.3 is 0 Å². The van der Waals surface area contributed by atoms with Crippen LogP contribution in [0.3, 0.4) is 0 Å². The molecule has 12 aromatic rings. The van der Waals surface area contributed by atoms with Crippen molar-refractivity contribution in [2.45, 2.75) is 5.41 Å². The van der Waals surface area contributed by atoms with E-state index in [2.05, 4.69) is 211 Å². The Balaban J connectivity index is 1.04. The summed E-state index contributed by atoms with van der Waals surface area (Å²) >= 11 is 1.84. The number of anilines is 3. The van der Waals surface area contributed by atoms with Gasteiger partial charge in [-0.3, -0.25) is 0 Å². The number of furan rings is 1. The van der Waals surface area contributed by atoms with E-state index in [0.29, 0.717) is 0 Å². The molecule has 0 saturated carbocycles. The van der Waals surface area contributed by atoms with Gasteiger partial charge in [0.25, 0.3) is 0 Å². The van der Waals surface area contributed by atoms with Gasteiger partial charge in [0.2, 0.25) is 0 Å². The molecule has 294 valence electrons. The predicted octanol–water partition coefficient (Wildman–Crippen LogP) is 16.7. The Bertz CT molecular complexity index is 3830. The van der Waals surface area contributed by atoms with Gasteiger partial charge in [0.05, 0.1) is 22.5 Å². The van der Waals surface area contributed by atoms with Crippen molar-refractivity contribution in [2.24, 2.45) is 0 Å². The zero-order chi connectivity index (χ0) is 41.2. The summed E-state index contributed by atoms with van der Waals surface area (Å²) in [6, 6.07) is 77.1. The lowest BCUT2D eigenvalue weighted by molar-refractivity contribution is 0.436. The zero-order valence-electron chi connectivity index (χ0n) is 33.9. The van der Waals surface area contributed by atoms with Gasteiger partial charge in [0.15, 0.2) is 5.58 Å². The third-order valence-corrected chi connectivity index (χ3v) is 14.6. The van der Waals surface area contributed by atoms with E-state index in [9.17, 15) is 0 Å². The first-order valence-electron chi connectivity index (χ1n) is 21.5. The first-order valence-corrected chi connectivity index (χ1v) is 22.3. The zero-order valence-corrected chi connectivity index (χ0v) is 34.7. The summed E-state index contributed by atoms with van der Waals surface area (Å²) < 4.78 is 16.4.